The second kappa shape index (κ2) is 34.8. The molecule has 0 bridgehead atoms. The van der Waals surface area contributed by atoms with Crippen molar-refractivity contribution < 1.29 is 57.1 Å². The van der Waals surface area contributed by atoms with Gasteiger partial charge in [0.15, 0.2) is 0 Å². The van der Waals surface area contributed by atoms with Gasteiger partial charge in [-0.05, 0) is 240 Å². The first kappa shape index (κ1) is 74.3. The first-order valence-corrected chi connectivity index (χ1v) is 26.9. The fourth-order valence-electron chi connectivity index (χ4n) is 6.13. The monoisotopic (exact) mass is 1370 g/mol. The van der Waals surface area contributed by atoms with E-state index < -0.39 is 41.0 Å². The number of alkyl halides is 9. The molecule has 0 nitrogen and oxygen atoms in total. The Morgan fingerprint density at radius 3 is 1.14 bits per heavy atom. The Balaban J connectivity index is 0.000000464. The van der Waals surface area contributed by atoms with Gasteiger partial charge in [-0.1, -0.05) is 120 Å². The first-order chi connectivity index (χ1) is 37.3. The van der Waals surface area contributed by atoms with Crippen LogP contribution in [0.1, 0.15) is 72.3 Å². The lowest BCUT2D eigenvalue weighted by molar-refractivity contribution is -0.140. The lowest BCUT2D eigenvalue weighted by Gasteiger charge is -2.11. The second-order valence-electron chi connectivity index (χ2n) is 17.4. The molecule has 0 atom stereocenters. The Hall–Kier alpha value is -4.74. The fraction of sp³-hybridized carbons (Fsp3) is 0.213. The molecular formula is C61H54Br2Cl5F13. The summed E-state index contributed by atoms with van der Waals surface area (Å²) in [5.74, 6) is -1.82. The molecule has 0 amide bonds. The molecule has 8 aromatic carbocycles. The highest BCUT2D eigenvalue weighted by Gasteiger charge is 2.35. The topological polar surface area (TPSA) is 0 Å². The minimum Gasteiger partial charge on any atom is -0.207 e. The van der Waals surface area contributed by atoms with Gasteiger partial charge in [-0.2, -0.15) is 39.5 Å². The smallest absolute Gasteiger partial charge is 0.207 e. The molecule has 0 radical (unpaired) electrons. The van der Waals surface area contributed by atoms with Crippen molar-refractivity contribution in [1.29, 1.82) is 0 Å². The Bertz CT molecular complexity index is 2960. The maximum Gasteiger partial charge on any atom is 0.419 e. The standard InChI is InChI=1S/C9H9F3.C8H6ClF3.C8H9Cl.C8H6F4.C7H6BrCl.C7H6BrF.2C7H6ClF/c1-6-4-3-5-8(7(6)2)9(10,11)12;1-5-4-6(9)2-3-7(5)8(10,11)12;1-6-3-4-8(9)5-7(6)2;1-5-3-2-4-6(9)7(5)8(10,11)12;1-5-4-6(9)2-3-7(5)8;1-5-4-6(8)2-3-7(5)9;1-5-4-6(9)2-3-7(5)8;1-5-4-6(8)2-3-7(5)9/h3-5H,1-2H3;2-4H,1H3;3-5H,1-2H3;2-4H,1H3;4*2-4H,1H3. The van der Waals surface area contributed by atoms with Gasteiger partial charge >= 0.3 is 18.5 Å². The van der Waals surface area contributed by atoms with Crippen molar-refractivity contribution in [3.05, 3.63) is 275 Å². The molecule has 0 heterocycles. The summed E-state index contributed by atoms with van der Waals surface area (Å²) in [5.41, 5.74) is 4.43. The highest BCUT2D eigenvalue weighted by atomic mass is 79.9. The van der Waals surface area contributed by atoms with Crippen LogP contribution in [0.2, 0.25) is 25.1 Å². The number of hydrogen-bond acceptors (Lipinski definition) is 0. The zero-order chi connectivity index (χ0) is 62.3. The predicted octanol–water partition coefficient (Wildman–Crippen LogP) is 25.0. The summed E-state index contributed by atoms with van der Waals surface area (Å²) in [4.78, 5) is 0. The van der Waals surface area contributed by atoms with E-state index in [0.717, 1.165) is 42.8 Å². The van der Waals surface area contributed by atoms with E-state index in [-0.39, 0.29) is 28.6 Å². The van der Waals surface area contributed by atoms with Gasteiger partial charge in [0.05, 0.1) is 16.7 Å². The van der Waals surface area contributed by atoms with Crippen LogP contribution in [0, 0.1) is 92.5 Å². The minimum absolute atomic E-state index is 0.0949. The van der Waals surface area contributed by atoms with E-state index in [9.17, 15) is 57.1 Å². The summed E-state index contributed by atoms with van der Waals surface area (Å²) in [5, 5.41) is 3.11. The van der Waals surface area contributed by atoms with Gasteiger partial charge in [0.1, 0.15) is 23.3 Å². The molecule has 0 fully saturated rings. The molecule has 0 aliphatic heterocycles. The third-order valence-corrected chi connectivity index (χ3v) is 13.6. The molecule has 0 unspecified atom stereocenters. The molecule has 0 saturated carbocycles. The largest absolute Gasteiger partial charge is 0.419 e. The molecule has 0 N–H and O–H groups in total. The van der Waals surface area contributed by atoms with Gasteiger partial charge in [0.25, 0.3) is 0 Å². The summed E-state index contributed by atoms with van der Waals surface area (Å²) in [6.07, 6.45) is -13.1. The quantitative estimate of drug-likeness (QED) is 0.133. The Labute approximate surface area is 506 Å². The van der Waals surface area contributed by atoms with Crippen LogP contribution in [0.4, 0.5) is 57.1 Å². The third kappa shape index (κ3) is 28.4. The molecular weight excluding hydrogens is 1320 g/mol. The van der Waals surface area contributed by atoms with Gasteiger partial charge < -0.3 is 0 Å². The van der Waals surface area contributed by atoms with E-state index in [2.05, 4.69) is 45.7 Å². The van der Waals surface area contributed by atoms with Crippen molar-refractivity contribution in [3.8, 4) is 0 Å². The zero-order valence-electron chi connectivity index (χ0n) is 44.9. The predicted molar refractivity (Wildman–Crippen MR) is 314 cm³/mol. The number of benzene rings is 8. The highest BCUT2D eigenvalue weighted by Crippen LogP contribution is 2.35. The summed E-state index contributed by atoms with van der Waals surface area (Å²) in [7, 11) is 0. The van der Waals surface area contributed by atoms with Gasteiger partial charge in [-0.25, -0.2) is 17.6 Å². The summed E-state index contributed by atoms with van der Waals surface area (Å²) < 4.78 is 161. The van der Waals surface area contributed by atoms with E-state index >= 15 is 0 Å². The van der Waals surface area contributed by atoms with Gasteiger partial charge in [0.2, 0.25) is 0 Å². The number of rotatable bonds is 0. The number of aryl methyl sites for hydroxylation is 9. The van der Waals surface area contributed by atoms with Crippen molar-refractivity contribution in [2.45, 2.75) is 87.8 Å². The molecule has 438 valence electrons. The maximum absolute atomic E-state index is 12.6. The SMILES string of the molecule is Cc1cc(Br)ccc1F.Cc1cc(Cl)ccc1Br.Cc1cc(Cl)ccc1C(F)(F)F.Cc1cc(Cl)ccc1F.Cc1cc(F)ccc1Cl.Cc1ccc(Cl)cc1C.Cc1cccc(C(F)(F)F)c1C.Cc1cccc(F)c1C(F)(F)F. The first-order valence-electron chi connectivity index (χ1n) is 23.4. The van der Waals surface area contributed by atoms with Crippen LogP contribution in [0.3, 0.4) is 0 Å². The van der Waals surface area contributed by atoms with Crippen LogP contribution < -0.4 is 0 Å². The lowest BCUT2D eigenvalue weighted by atomic mass is 10.0. The van der Waals surface area contributed by atoms with Crippen molar-refractivity contribution in [1.82, 2.24) is 0 Å². The third-order valence-electron chi connectivity index (χ3n) is 10.9. The van der Waals surface area contributed by atoms with Gasteiger partial charge in [-0.15, -0.1) is 0 Å². The van der Waals surface area contributed by atoms with E-state index in [1.165, 1.54) is 98.1 Å². The fourth-order valence-corrected chi connectivity index (χ4v) is 7.88. The number of halogens is 20. The highest BCUT2D eigenvalue weighted by molar-refractivity contribution is 9.10. The van der Waals surface area contributed by atoms with Crippen LogP contribution in [-0.2, 0) is 18.5 Å². The number of hydrogen-bond donors (Lipinski definition) is 0. The second-order valence-corrected chi connectivity index (χ2v) is 21.4. The normalized spacial score (nSPS) is 10.6. The van der Waals surface area contributed by atoms with E-state index in [4.69, 9.17) is 58.0 Å². The maximum atomic E-state index is 12.6. The zero-order valence-corrected chi connectivity index (χ0v) is 51.9. The summed E-state index contributed by atoms with van der Waals surface area (Å²) in [6, 6.07) is 36.3. The van der Waals surface area contributed by atoms with Crippen LogP contribution in [-0.4, -0.2) is 0 Å². The molecule has 8 rings (SSSR count). The average Bonchev–Trinajstić information content (AvgIpc) is 3.34. The Kier molecular flexibility index (Phi) is 31.9. The molecule has 8 aromatic rings. The van der Waals surface area contributed by atoms with Crippen LogP contribution in [0.5, 0.6) is 0 Å². The van der Waals surface area contributed by atoms with Crippen molar-refractivity contribution in [2.75, 3.05) is 0 Å². The molecule has 20 heteroatoms. The molecule has 0 aliphatic carbocycles. The van der Waals surface area contributed by atoms with E-state index in [1.807, 2.05) is 43.3 Å². The van der Waals surface area contributed by atoms with Gasteiger partial charge in [-0.3, -0.25) is 0 Å². The Morgan fingerprint density at radius 1 is 0.321 bits per heavy atom. The lowest BCUT2D eigenvalue weighted by Crippen LogP contribution is -2.10. The molecule has 0 saturated heterocycles. The summed E-state index contributed by atoms with van der Waals surface area (Å²) in [6.45, 7) is 17.1. The van der Waals surface area contributed by atoms with Crippen LogP contribution >= 0.6 is 89.9 Å². The van der Waals surface area contributed by atoms with Gasteiger partial charge in [0, 0.05) is 34.1 Å². The van der Waals surface area contributed by atoms with Crippen LogP contribution in [0.15, 0.2) is 155 Å². The van der Waals surface area contributed by atoms with Crippen molar-refractivity contribution >= 4 is 89.9 Å². The van der Waals surface area contributed by atoms with Crippen LogP contribution in [0.25, 0.3) is 0 Å². The van der Waals surface area contributed by atoms with Crippen molar-refractivity contribution in [3.63, 3.8) is 0 Å². The molecule has 0 aromatic heterocycles. The molecule has 0 aliphatic rings. The average molecular weight is 1370 g/mol. The van der Waals surface area contributed by atoms with E-state index in [0.29, 0.717) is 37.3 Å². The Morgan fingerprint density at radius 2 is 0.765 bits per heavy atom. The molecule has 81 heavy (non-hydrogen) atoms. The molecule has 0 spiro atoms. The summed E-state index contributed by atoms with van der Waals surface area (Å²) >= 11 is 34.7. The minimum atomic E-state index is -4.60. The van der Waals surface area contributed by atoms with Crippen molar-refractivity contribution in [2.24, 2.45) is 0 Å². The van der Waals surface area contributed by atoms with E-state index in [1.54, 1.807) is 58.0 Å².